The number of ketones is 1. The van der Waals surface area contributed by atoms with Crippen LogP contribution < -0.4 is 0 Å². The van der Waals surface area contributed by atoms with Crippen molar-refractivity contribution in [2.45, 2.75) is 17.6 Å². The zero-order valence-corrected chi connectivity index (χ0v) is 12.6. The van der Waals surface area contributed by atoms with Crippen molar-refractivity contribution in [1.82, 2.24) is 0 Å². The molecule has 98 valence electrons. The van der Waals surface area contributed by atoms with E-state index in [1.165, 1.54) is 0 Å². The standard InChI is InChI=1S/C15H12Cl2OS/c1-10(18)12-4-2-3-11(7-12)9-19-15-6-5-13(16)8-14(15)17/h2-8H,9H2,1H3. The molecule has 0 aliphatic heterocycles. The summed E-state index contributed by atoms with van der Waals surface area (Å²) in [6, 6.07) is 13.1. The lowest BCUT2D eigenvalue weighted by Crippen LogP contribution is -1.92. The van der Waals surface area contributed by atoms with Gasteiger partial charge in [-0.1, -0.05) is 41.4 Å². The van der Waals surface area contributed by atoms with Crippen molar-refractivity contribution < 1.29 is 4.79 Å². The van der Waals surface area contributed by atoms with E-state index in [1.54, 1.807) is 24.8 Å². The second kappa shape index (κ2) is 6.47. The minimum absolute atomic E-state index is 0.0800. The van der Waals surface area contributed by atoms with Gasteiger partial charge in [0.05, 0.1) is 5.02 Å². The summed E-state index contributed by atoms with van der Waals surface area (Å²) in [5, 5.41) is 1.29. The monoisotopic (exact) mass is 310 g/mol. The first-order valence-electron chi connectivity index (χ1n) is 5.74. The Labute approximate surface area is 126 Å². The first kappa shape index (κ1) is 14.4. The van der Waals surface area contributed by atoms with Crippen LogP contribution in [-0.2, 0) is 5.75 Å². The molecule has 0 saturated heterocycles. The van der Waals surface area contributed by atoms with Gasteiger partial charge in [-0.2, -0.15) is 0 Å². The maximum atomic E-state index is 11.3. The van der Waals surface area contributed by atoms with Gasteiger partial charge in [0.1, 0.15) is 0 Å². The Morgan fingerprint density at radius 1 is 1.16 bits per heavy atom. The molecule has 2 rings (SSSR count). The van der Waals surface area contributed by atoms with E-state index >= 15 is 0 Å². The summed E-state index contributed by atoms with van der Waals surface area (Å²) in [6.45, 7) is 1.57. The Morgan fingerprint density at radius 2 is 1.95 bits per heavy atom. The summed E-state index contributed by atoms with van der Waals surface area (Å²) < 4.78 is 0. The third-order valence-electron chi connectivity index (χ3n) is 2.62. The predicted molar refractivity (Wildman–Crippen MR) is 82.5 cm³/mol. The first-order chi connectivity index (χ1) is 9.06. The molecule has 0 unspecified atom stereocenters. The Kier molecular flexibility index (Phi) is 4.92. The van der Waals surface area contributed by atoms with E-state index in [1.807, 2.05) is 36.4 Å². The van der Waals surface area contributed by atoms with Crippen LogP contribution in [0.1, 0.15) is 22.8 Å². The Hall–Kier alpha value is -0.960. The van der Waals surface area contributed by atoms with Gasteiger partial charge >= 0.3 is 0 Å². The molecule has 19 heavy (non-hydrogen) atoms. The fourth-order valence-corrected chi connectivity index (χ4v) is 3.07. The van der Waals surface area contributed by atoms with Crippen molar-refractivity contribution in [3.05, 3.63) is 63.6 Å². The van der Waals surface area contributed by atoms with Gasteiger partial charge in [-0.05, 0) is 36.8 Å². The molecule has 0 amide bonds. The van der Waals surface area contributed by atoms with Crippen LogP contribution in [0.25, 0.3) is 0 Å². The van der Waals surface area contributed by atoms with E-state index in [-0.39, 0.29) is 5.78 Å². The molecular weight excluding hydrogens is 299 g/mol. The van der Waals surface area contributed by atoms with Crippen LogP contribution >= 0.6 is 35.0 Å². The highest BCUT2D eigenvalue weighted by atomic mass is 35.5. The molecule has 2 aromatic carbocycles. The number of rotatable bonds is 4. The lowest BCUT2D eigenvalue weighted by molar-refractivity contribution is 0.101. The van der Waals surface area contributed by atoms with Crippen LogP contribution in [0.15, 0.2) is 47.4 Å². The van der Waals surface area contributed by atoms with Crippen LogP contribution in [0.3, 0.4) is 0 Å². The molecule has 4 heteroatoms. The fourth-order valence-electron chi connectivity index (χ4n) is 1.63. The van der Waals surface area contributed by atoms with Gasteiger partial charge in [-0.3, -0.25) is 4.79 Å². The molecule has 0 atom stereocenters. The van der Waals surface area contributed by atoms with E-state index in [0.29, 0.717) is 10.0 Å². The van der Waals surface area contributed by atoms with Gasteiger partial charge in [-0.15, -0.1) is 11.8 Å². The SMILES string of the molecule is CC(=O)c1cccc(CSc2ccc(Cl)cc2Cl)c1. The van der Waals surface area contributed by atoms with Gasteiger partial charge in [0.25, 0.3) is 0 Å². The molecule has 0 N–H and O–H groups in total. The summed E-state index contributed by atoms with van der Waals surface area (Å²) in [4.78, 5) is 12.3. The van der Waals surface area contributed by atoms with Gasteiger partial charge in [0, 0.05) is 21.2 Å². The highest BCUT2D eigenvalue weighted by Gasteiger charge is 2.04. The number of benzene rings is 2. The van der Waals surface area contributed by atoms with E-state index in [2.05, 4.69) is 0 Å². The lowest BCUT2D eigenvalue weighted by Gasteiger charge is -2.06. The summed E-state index contributed by atoms with van der Waals surface area (Å²) >= 11 is 13.6. The molecule has 0 radical (unpaired) electrons. The normalized spacial score (nSPS) is 10.5. The van der Waals surface area contributed by atoms with Crippen LogP contribution in [0.2, 0.25) is 10.0 Å². The van der Waals surface area contributed by atoms with E-state index in [0.717, 1.165) is 21.8 Å². The molecule has 0 saturated carbocycles. The van der Waals surface area contributed by atoms with Gasteiger partial charge in [0.15, 0.2) is 5.78 Å². The van der Waals surface area contributed by atoms with E-state index in [9.17, 15) is 4.79 Å². The number of hydrogen-bond donors (Lipinski definition) is 0. The zero-order valence-electron chi connectivity index (χ0n) is 10.3. The zero-order chi connectivity index (χ0) is 13.8. The highest BCUT2D eigenvalue weighted by Crippen LogP contribution is 2.31. The van der Waals surface area contributed by atoms with Gasteiger partial charge in [-0.25, -0.2) is 0 Å². The summed E-state index contributed by atoms with van der Waals surface area (Å²) in [5.74, 6) is 0.846. The quantitative estimate of drug-likeness (QED) is 0.549. The number of halogens is 2. The first-order valence-corrected chi connectivity index (χ1v) is 7.48. The average molecular weight is 311 g/mol. The highest BCUT2D eigenvalue weighted by molar-refractivity contribution is 7.98. The second-order valence-corrected chi connectivity index (χ2v) is 5.98. The number of carbonyl (C=O) groups excluding carboxylic acids is 1. The van der Waals surface area contributed by atoms with E-state index in [4.69, 9.17) is 23.2 Å². The Morgan fingerprint density at radius 3 is 2.63 bits per heavy atom. The Balaban J connectivity index is 2.10. The third-order valence-corrected chi connectivity index (χ3v) is 4.43. The molecule has 0 heterocycles. The number of thioether (sulfide) groups is 1. The topological polar surface area (TPSA) is 17.1 Å². The maximum Gasteiger partial charge on any atom is 0.159 e. The minimum atomic E-state index is 0.0800. The molecule has 0 fully saturated rings. The number of hydrogen-bond acceptors (Lipinski definition) is 2. The van der Waals surface area contributed by atoms with Crippen molar-refractivity contribution in [1.29, 1.82) is 0 Å². The van der Waals surface area contributed by atoms with Crippen LogP contribution in [0.5, 0.6) is 0 Å². The molecule has 0 aliphatic rings. The molecule has 0 bridgehead atoms. The van der Waals surface area contributed by atoms with Gasteiger partial charge < -0.3 is 0 Å². The lowest BCUT2D eigenvalue weighted by atomic mass is 10.1. The van der Waals surface area contributed by atoms with Crippen molar-refractivity contribution >= 4 is 40.7 Å². The maximum absolute atomic E-state index is 11.3. The molecule has 1 nitrogen and oxygen atoms in total. The largest absolute Gasteiger partial charge is 0.295 e. The summed E-state index contributed by atoms with van der Waals surface area (Å²) in [5.41, 5.74) is 1.84. The summed E-state index contributed by atoms with van der Waals surface area (Å²) in [7, 11) is 0. The van der Waals surface area contributed by atoms with E-state index < -0.39 is 0 Å². The molecule has 2 aromatic rings. The molecule has 0 spiro atoms. The van der Waals surface area contributed by atoms with Crippen LogP contribution in [0, 0.1) is 0 Å². The fraction of sp³-hybridized carbons (Fsp3) is 0.133. The average Bonchev–Trinajstić information content (AvgIpc) is 2.38. The third kappa shape index (κ3) is 4.00. The summed E-state index contributed by atoms with van der Waals surface area (Å²) in [6.07, 6.45) is 0. The predicted octanol–water partition coefficient (Wildman–Crippen LogP) is 5.49. The number of Topliss-reactive ketones (excluding diaryl/α,β-unsaturated/α-hetero) is 1. The van der Waals surface area contributed by atoms with Crippen molar-refractivity contribution in [3.8, 4) is 0 Å². The van der Waals surface area contributed by atoms with Crippen molar-refractivity contribution in [2.24, 2.45) is 0 Å². The molecular formula is C15H12Cl2OS. The van der Waals surface area contributed by atoms with Gasteiger partial charge in [0.2, 0.25) is 0 Å². The molecule has 0 aromatic heterocycles. The number of carbonyl (C=O) groups is 1. The minimum Gasteiger partial charge on any atom is -0.295 e. The van der Waals surface area contributed by atoms with Crippen molar-refractivity contribution in [3.63, 3.8) is 0 Å². The van der Waals surface area contributed by atoms with Crippen LogP contribution in [-0.4, -0.2) is 5.78 Å². The molecule has 0 aliphatic carbocycles. The second-order valence-electron chi connectivity index (χ2n) is 4.12. The Bertz CT molecular complexity index is 611. The van der Waals surface area contributed by atoms with Crippen LogP contribution in [0.4, 0.5) is 0 Å². The smallest absolute Gasteiger partial charge is 0.159 e. The van der Waals surface area contributed by atoms with Crippen molar-refractivity contribution in [2.75, 3.05) is 0 Å².